The average molecular weight is 413 g/mol. The number of benzene rings is 2. The molecule has 1 N–H and O–H groups in total. The van der Waals surface area contributed by atoms with Gasteiger partial charge in [-0.25, -0.2) is 9.97 Å². The van der Waals surface area contributed by atoms with Gasteiger partial charge in [0.05, 0.1) is 11.9 Å². The minimum atomic E-state index is -0.929. The van der Waals surface area contributed by atoms with Crippen LogP contribution in [0.5, 0.6) is 0 Å². The summed E-state index contributed by atoms with van der Waals surface area (Å²) in [6.07, 6.45) is 5.18. The zero-order valence-electron chi connectivity index (χ0n) is 17.1. The van der Waals surface area contributed by atoms with Crippen molar-refractivity contribution in [1.29, 1.82) is 0 Å². The lowest BCUT2D eigenvalue weighted by atomic mass is 10.0. The van der Waals surface area contributed by atoms with Crippen molar-refractivity contribution in [2.45, 2.75) is 25.7 Å². The number of hydrogen-bond acceptors (Lipinski definition) is 5. The van der Waals surface area contributed by atoms with E-state index in [1.54, 1.807) is 0 Å². The van der Waals surface area contributed by atoms with Gasteiger partial charge in [-0.05, 0) is 49.6 Å². The molecule has 1 aliphatic heterocycles. The van der Waals surface area contributed by atoms with Crippen LogP contribution < -0.4 is 4.90 Å². The number of piperidine rings is 1. The molecular weight excluding hydrogens is 390 g/mol. The Morgan fingerprint density at radius 2 is 1.74 bits per heavy atom. The minimum absolute atomic E-state index is 0.181. The van der Waals surface area contributed by atoms with E-state index >= 15 is 0 Å². The highest BCUT2D eigenvalue weighted by molar-refractivity contribution is 5.94. The Morgan fingerprint density at radius 3 is 2.52 bits per heavy atom. The van der Waals surface area contributed by atoms with Gasteiger partial charge in [-0.3, -0.25) is 4.79 Å². The molecule has 6 heteroatoms. The number of aliphatic carboxylic acids is 1. The topological polar surface area (TPSA) is 79.5 Å². The Kier molecular flexibility index (Phi) is 5.12. The Labute approximate surface area is 179 Å². The van der Waals surface area contributed by atoms with Crippen molar-refractivity contribution in [3.8, 4) is 0 Å². The zero-order valence-corrected chi connectivity index (χ0v) is 17.1. The van der Waals surface area contributed by atoms with Crippen LogP contribution in [0.4, 0.5) is 5.82 Å². The number of anilines is 1. The summed E-state index contributed by atoms with van der Waals surface area (Å²) in [7, 11) is 0. The predicted molar refractivity (Wildman–Crippen MR) is 122 cm³/mol. The number of hydrogen-bond donors (Lipinski definition) is 1. The highest BCUT2D eigenvalue weighted by Crippen LogP contribution is 2.31. The van der Waals surface area contributed by atoms with Crippen molar-refractivity contribution < 1.29 is 14.3 Å². The SMILES string of the molecule is O=C(O)C/C(=C/c1cc2ccccc2nc1N1CCCCC1)c1nc2ccccc2o1. The number of para-hydroxylation sites is 3. The lowest BCUT2D eigenvalue weighted by Gasteiger charge is -2.29. The summed E-state index contributed by atoms with van der Waals surface area (Å²) >= 11 is 0. The second-order valence-corrected chi connectivity index (χ2v) is 7.87. The highest BCUT2D eigenvalue weighted by Gasteiger charge is 2.19. The third kappa shape index (κ3) is 4.01. The summed E-state index contributed by atoms with van der Waals surface area (Å²) in [5.74, 6) is 0.292. The summed E-state index contributed by atoms with van der Waals surface area (Å²) < 4.78 is 5.90. The summed E-state index contributed by atoms with van der Waals surface area (Å²) in [6.45, 7) is 1.90. The molecular formula is C25H23N3O3. The van der Waals surface area contributed by atoms with Crippen LogP contribution in [-0.4, -0.2) is 34.1 Å². The van der Waals surface area contributed by atoms with Crippen LogP contribution >= 0.6 is 0 Å². The lowest BCUT2D eigenvalue weighted by Crippen LogP contribution is -2.30. The van der Waals surface area contributed by atoms with E-state index in [9.17, 15) is 9.90 Å². The van der Waals surface area contributed by atoms with E-state index in [-0.39, 0.29) is 6.42 Å². The van der Waals surface area contributed by atoms with E-state index in [4.69, 9.17) is 9.40 Å². The van der Waals surface area contributed by atoms with Crippen LogP contribution in [0.3, 0.4) is 0 Å². The number of carbonyl (C=O) groups is 1. The average Bonchev–Trinajstić information content (AvgIpc) is 3.23. The number of oxazole rings is 1. The highest BCUT2D eigenvalue weighted by atomic mass is 16.4. The van der Waals surface area contributed by atoms with Crippen LogP contribution in [0, 0.1) is 0 Å². The molecule has 1 saturated heterocycles. The quantitative estimate of drug-likeness (QED) is 0.473. The molecule has 1 fully saturated rings. The van der Waals surface area contributed by atoms with E-state index in [1.165, 1.54) is 6.42 Å². The van der Waals surface area contributed by atoms with Gasteiger partial charge in [-0.2, -0.15) is 0 Å². The lowest BCUT2D eigenvalue weighted by molar-refractivity contribution is -0.135. The molecule has 5 rings (SSSR count). The molecule has 4 aromatic rings. The van der Waals surface area contributed by atoms with Gasteiger partial charge in [-0.1, -0.05) is 30.3 Å². The summed E-state index contributed by atoms with van der Waals surface area (Å²) in [5.41, 5.74) is 3.70. The molecule has 0 aliphatic carbocycles. The summed E-state index contributed by atoms with van der Waals surface area (Å²) in [4.78, 5) is 23.4. The van der Waals surface area contributed by atoms with Crippen molar-refractivity contribution in [2.24, 2.45) is 0 Å². The smallest absolute Gasteiger partial charge is 0.308 e. The summed E-state index contributed by atoms with van der Waals surface area (Å²) in [6, 6.07) is 17.5. The maximum Gasteiger partial charge on any atom is 0.308 e. The molecule has 156 valence electrons. The van der Waals surface area contributed by atoms with Gasteiger partial charge in [0.25, 0.3) is 0 Å². The number of pyridine rings is 1. The Hall–Kier alpha value is -3.67. The Balaban J connectivity index is 1.67. The minimum Gasteiger partial charge on any atom is -0.481 e. The van der Waals surface area contributed by atoms with Gasteiger partial charge in [0.2, 0.25) is 5.89 Å². The molecule has 1 aliphatic rings. The van der Waals surface area contributed by atoms with Crippen LogP contribution in [0.15, 0.2) is 59.0 Å². The second-order valence-electron chi connectivity index (χ2n) is 7.87. The molecule has 2 aromatic carbocycles. The fourth-order valence-corrected chi connectivity index (χ4v) is 4.14. The molecule has 0 radical (unpaired) electrons. The van der Waals surface area contributed by atoms with E-state index in [1.807, 2.05) is 54.6 Å². The van der Waals surface area contributed by atoms with Crippen LogP contribution in [0.1, 0.15) is 37.1 Å². The molecule has 0 atom stereocenters. The molecule has 0 bridgehead atoms. The maximum absolute atomic E-state index is 11.7. The van der Waals surface area contributed by atoms with Crippen LogP contribution in [0.2, 0.25) is 0 Å². The number of nitrogens with zero attached hydrogens (tertiary/aromatic N) is 3. The van der Waals surface area contributed by atoms with Crippen molar-refractivity contribution in [1.82, 2.24) is 9.97 Å². The first-order chi connectivity index (χ1) is 15.2. The second kappa shape index (κ2) is 8.22. The first-order valence-electron chi connectivity index (χ1n) is 10.6. The first kappa shape index (κ1) is 19.3. The zero-order chi connectivity index (χ0) is 21.2. The van der Waals surface area contributed by atoms with Crippen LogP contribution in [0.25, 0.3) is 33.7 Å². The molecule has 0 saturated carbocycles. The molecule has 31 heavy (non-hydrogen) atoms. The maximum atomic E-state index is 11.7. The standard InChI is InChI=1S/C25H23N3O3/c29-23(30)16-19(25-27-21-10-4-5-11-22(21)31-25)15-18-14-17-8-2-3-9-20(17)26-24(18)28-12-6-1-7-13-28/h2-5,8-11,14-15H,1,6-7,12-13,16H2,(H,29,30)/b19-15-. The number of carboxylic acid groups (broad SMARTS) is 1. The van der Waals surface area contributed by atoms with E-state index in [0.717, 1.165) is 48.2 Å². The monoisotopic (exact) mass is 413 g/mol. The van der Waals surface area contributed by atoms with Crippen molar-refractivity contribution >= 4 is 45.4 Å². The first-order valence-corrected chi connectivity index (χ1v) is 10.6. The fourth-order valence-electron chi connectivity index (χ4n) is 4.14. The van der Waals surface area contributed by atoms with Gasteiger partial charge in [0, 0.05) is 29.6 Å². The van der Waals surface area contributed by atoms with E-state index < -0.39 is 5.97 Å². The number of rotatable bonds is 5. The van der Waals surface area contributed by atoms with Gasteiger partial charge in [0.1, 0.15) is 11.3 Å². The van der Waals surface area contributed by atoms with Crippen LogP contribution in [-0.2, 0) is 4.79 Å². The molecule has 3 heterocycles. The third-order valence-electron chi connectivity index (χ3n) is 5.63. The van der Waals surface area contributed by atoms with Gasteiger partial charge >= 0.3 is 5.97 Å². The van der Waals surface area contributed by atoms with Crippen molar-refractivity contribution in [2.75, 3.05) is 18.0 Å². The molecule has 2 aromatic heterocycles. The number of fused-ring (bicyclic) bond motifs is 2. The molecule has 0 spiro atoms. The summed E-state index contributed by atoms with van der Waals surface area (Å²) in [5, 5.41) is 10.6. The van der Waals surface area contributed by atoms with Gasteiger partial charge < -0.3 is 14.4 Å². The van der Waals surface area contributed by atoms with Gasteiger partial charge in [-0.15, -0.1) is 0 Å². The fraction of sp³-hybridized carbons (Fsp3) is 0.240. The number of aromatic nitrogens is 2. The normalized spacial score (nSPS) is 15.0. The predicted octanol–water partition coefficient (Wildman–Crippen LogP) is 5.38. The van der Waals surface area contributed by atoms with Crippen molar-refractivity contribution in [3.05, 3.63) is 66.1 Å². The molecule has 6 nitrogen and oxygen atoms in total. The number of carboxylic acids is 1. The third-order valence-corrected chi connectivity index (χ3v) is 5.63. The largest absolute Gasteiger partial charge is 0.481 e. The molecule has 0 amide bonds. The van der Waals surface area contributed by atoms with Crippen molar-refractivity contribution in [3.63, 3.8) is 0 Å². The Morgan fingerprint density at radius 1 is 1.00 bits per heavy atom. The Bertz CT molecular complexity index is 1250. The van der Waals surface area contributed by atoms with E-state index in [0.29, 0.717) is 22.6 Å². The van der Waals surface area contributed by atoms with Gasteiger partial charge in [0.15, 0.2) is 5.58 Å². The molecule has 0 unspecified atom stereocenters. The van der Waals surface area contributed by atoms with E-state index in [2.05, 4.69) is 16.0 Å².